The second-order valence-electron chi connectivity index (χ2n) is 9.06. The Labute approximate surface area is 208 Å². The average molecular weight is 487 g/mol. The van der Waals surface area contributed by atoms with Crippen molar-refractivity contribution in [2.45, 2.75) is 31.8 Å². The molecule has 3 N–H and O–H groups in total. The number of hydrogen-bond donors (Lipinski definition) is 3. The molecule has 3 aromatic rings. The van der Waals surface area contributed by atoms with Crippen molar-refractivity contribution in [3.63, 3.8) is 0 Å². The van der Waals surface area contributed by atoms with Gasteiger partial charge in [0.25, 0.3) is 5.91 Å². The fourth-order valence-electron chi connectivity index (χ4n) is 4.30. The summed E-state index contributed by atoms with van der Waals surface area (Å²) in [5.41, 5.74) is 3.53. The molecular formula is C26H26N6O2S. The van der Waals surface area contributed by atoms with Crippen molar-refractivity contribution in [1.29, 1.82) is 5.26 Å². The molecule has 3 amide bonds. The van der Waals surface area contributed by atoms with Crippen LogP contribution in [-0.4, -0.2) is 35.4 Å². The van der Waals surface area contributed by atoms with Crippen LogP contribution in [0.5, 0.6) is 0 Å². The maximum atomic E-state index is 13.0. The molecule has 2 aliphatic rings. The fraction of sp³-hybridized carbons (Fsp3) is 0.308. The number of fused-ring (bicyclic) bond motifs is 1. The molecule has 0 radical (unpaired) electrons. The SMILES string of the molecule is CN1CCc2nc(NC(=O)c3cccc([C@H](NC(=O)Nc4cccc(C#N)c4)C4CC4)c3)sc2C1. The summed E-state index contributed by atoms with van der Waals surface area (Å²) in [5, 5.41) is 18.5. The molecule has 1 aliphatic heterocycles. The van der Waals surface area contributed by atoms with E-state index in [0.29, 0.717) is 27.9 Å². The third-order valence-corrected chi connectivity index (χ3v) is 7.28. The van der Waals surface area contributed by atoms with Gasteiger partial charge in [0.15, 0.2) is 5.13 Å². The highest BCUT2D eigenvalue weighted by Crippen LogP contribution is 2.41. The van der Waals surface area contributed by atoms with Gasteiger partial charge in [0.2, 0.25) is 0 Å². The van der Waals surface area contributed by atoms with Crippen LogP contribution in [0.1, 0.15) is 50.9 Å². The van der Waals surface area contributed by atoms with Crippen LogP contribution in [0.4, 0.5) is 15.6 Å². The van der Waals surface area contributed by atoms with Gasteiger partial charge in [-0.25, -0.2) is 9.78 Å². The normalized spacial score (nSPS) is 16.0. The average Bonchev–Trinajstić information content (AvgIpc) is 3.62. The topological polar surface area (TPSA) is 110 Å². The maximum Gasteiger partial charge on any atom is 0.319 e. The highest BCUT2D eigenvalue weighted by molar-refractivity contribution is 7.15. The minimum absolute atomic E-state index is 0.204. The van der Waals surface area contributed by atoms with Gasteiger partial charge in [-0.05, 0) is 61.7 Å². The second-order valence-corrected chi connectivity index (χ2v) is 10.1. The quantitative estimate of drug-likeness (QED) is 0.474. The van der Waals surface area contributed by atoms with E-state index in [9.17, 15) is 9.59 Å². The molecule has 1 fully saturated rings. The van der Waals surface area contributed by atoms with Crippen LogP contribution < -0.4 is 16.0 Å². The number of hydrogen-bond acceptors (Lipinski definition) is 6. The molecule has 8 nitrogen and oxygen atoms in total. The summed E-state index contributed by atoms with van der Waals surface area (Å²) in [6, 6.07) is 15.7. The zero-order valence-corrected chi connectivity index (χ0v) is 20.2. The molecule has 178 valence electrons. The number of likely N-dealkylation sites (N-methyl/N-ethyl adjacent to an activating group) is 1. The number of aromatic nitrogens is 1. The Bertz CT molecular complexity index is 1310. The Hall–Kier alpha value is -3.74. The number of benzene rings is 2. The molecule has 0 bridgehead atoms. The first-order valence-electron chi connectivity index (χ1n) is 11.6. The molecule has 1 aromatic heterocycles. The lowest BCUT2D eigenvalue weighted by molar-refractivity contribution is 0.102. The van der Waals surface area contributed by atoms with Gasteiger partial charge in [0.1, 0.15) is 0 Å². The number of urea groups is 1. The van der Waals surface area contributed by atoms with Crippen molar-refractivity contribution in [3.05, 3.63) is 75.8 Å². The lowest BCUT2D eigenvalue weighted by Crippen LogP contribution is -2.33. The fourth-order valence-corrected chi connectivity index (χ4v) is 5.38. The van der Waals surface area contributed by atoms with E-state index in [-0.39, 0.29) is 18.0 Å². The van der Waals surface area contributed by atoms with Crippen molar-refractivity contribution < 1.29 is 9.59 Å². The monoisotopic (exact) mass is 486 g/mol. The lowest BCUT2D eigenvalue weighted by Gasteiger charge is -2.20. The second kappa shape index (κ2) is 9.86. The zero-order valence-electron chi connectivity index (χ0n) is 19.4. The Morgan fingerprint density at radius 3 is 2.80 bits per heavy atom. The molecule has 1 aliphatic carbocycles. The van der Waals surface area contributed by atoms with Gasteiger partial charge in [-0.15, -0.1) is 11.3 Å². The zero-order chi connectivity index (χ0) is 24.4. The third-order valence-electron chi connectivity index (χ3n) is 6.28. The van der Waals surface area contributed by atoms with Crippen LogP contribution in [0, 0.1) is 17.2 Å². The third kappa shape index (κ3) is 5.50. The number of nitrogens with one attached hydrogen (secondary N) is 3. The van der Waals surface area contributed by atoms with Crippen LogP contribution in [0.3, 0.4) is 0 Å². The lowest BCUT2D eigenvalue weighted by atomic mass is 10.00. The molecule has 5 rings (SSSR count). The van der Waals surface area contributed by atoms with E-state index in [1.54, 1.807) is 30.3 Å². The highest BCUT2D eigenvalue weighted by Gasteiger charge is 2.34. The van der Waals surface area contributed by atoms with E-state index < -0.39 is 0 Å². The first-order chi connectivity index (χ1) is 17.0. The molecule has 35 heavy (non-hydrogen) atoms. The number of anilines is 2. The maximum absolute atomic E-state index is 13.0. The molecule has 1 atom stereocenters. The number of carbonyl (C=O) groups excluding carboxylic acids is 2. The molecule has 2 aromatic carbocycles. The molecular weight excluding hydrogens is 460 g/mol. The largest absolute Gasteiger partial charge is 0.331 e. The number of nitriles is 1. The van der Waals surface area contributed by atoms with Gasteiger partial charge in [0, 0.05) is 35.6 Å². The van der Waals surface area contributed by atoms with Crippen LogP contribution in [0.2, 0.25) is 0 Å². The summed E-state index contributed by atoms with van der Waals surface area (Å²) >= 11 is 1.53. The van der Waals surface area contributed by atoms with Gasteiger partial charge < -0.3 is 15.5 Å². The minimum atomic E-state index is -0.342. The van der Waals surface area contributed by atoms with Crippen LogP contribution in [0.15, 0.2) is 48.5 Å². The first kappa shape index (κ1) is 23.0. The van der Waals surface area contributed by atoms with Crippen LogP contribution in [0.25, 0.3) is 0 Å². The van der Waals surface area contributed by atoms with E-state index in [1.807, 2.05) is 18.2 Å². The van der Waals surface area contributed by atoms with Crippen molar-refractivity contribution in [1.82, 2.24) is 15.2 Å². The van der Waals surface area contributed by atoms with Crippen molar-refractivity contribution in [2.75, 3.05) is 24.2 Å². The van der Waals surface area contributed by atoms with Gasteiger partial charge in [-0.3, -0.25) is 10.1 Å². The molecule has 0 unspecified atom stereocenters. The number of rotatable bonds is 6. The summed E-state index contributed by atoms with van der Waals surface area (Å²) in [6.07, 6.45) is 2.93. The summed E-state index contributed by atoms with van der Waals surface area (Å²) in [4.78, 5) is 33.8. The molecule has 2 heterocycles. The van der Waals surface area contributed by atoms with Gasteiger partial charge in [-0.2, -0.15) is 5.26 Å². The Morgan fingerprint density at radius 2 is 2.00 bits per heavy atom. The van der Waals surface area contributed by atoms with Gasteiger partial charge in [-0.1, -0.05) is 18.2 Å². The summed E-state index contributed by atoms with van der Waals surface area (Å²) < 4.78 is 0. The molecule has 0 spiro atoms. The van der Waals surface area contributed by atoms with Crippen molar-refractivity contribution in [2.24, 2.45) is 5.92 Å². The van der Waals surface area contributed by atoms with E-state index in [1.165, 1.54) is 16.2 Å². The minimum Gasteiger partial charge on any atom is -0.331 e. The summed E-state index contributed by atoms with van der Waals surface area (Å²) in [5.74, 6) is 0.116. The number of thiazole rings is 1. The van der Waals surface area contributed by atoms with E-state index in [4.69, 9.17) is 5.26 Å². The summed E-state index contributed by atoms with van der Waals surface area (Å²) in [6.45, 7) is 1.83. The summed E-state index contributed by atoms with van der Waals surface area (Å²) in [7, 11) is 2.08. The van der Waals surface area contributed by atoms with E-state index in [2.05, 4.69) is 39.0 Å². The number of amides is 3. The van der Waals surface area contributed by atoms with Crippen LogP contribution >= 0.6 is 11.3 Å². The number of carbonyl (C=O) groups is 2. The number of nitrogens with zero attached hydrogens (tertiary/aromatic N) is 3. The molecule has 0 saturated heterocycles. The van der Waals surface area contributed by atoms with E-state index >= 15 is 0 Å². The van der Waals surface area contributed by atoms with Crippen molar-refractivity contribution >= 4 is 34.1 Å². The Morgan fingerprint density at radius 1 is 1.17 bits per heavy atom. The first-order valence-corrected chi connectivity index (χ1v) is 12.5. The van der Waals surface area contributed by atoms with Gasteiger partial charge >= 0.3 is 6.03 Å². The Balaban J connectivity index is 1.27. The Kier molecular flexibility index (Phi) is 6.49. The predicted octanol–water partition coefficient (Wildman–Crippen LogP) is 4.53. The molecule has 9 heteroatoms. The van der Waals surface area contributed by atoms with Crippen LogP contribution in [-0.2, 0) is 13.0 Å². The predicted molar refractivity (Wildman–Crippen MR) is 135 cm³/mol. The standard InChI is InChI=1S/C26H26N6O2S/c1-32-11-10-21-22(15-32)35-26(29-21)31-24(33)19-6-3-5-18(13-19)23(17-8-9-17)30-25(34)28-20-7-2-4-16(12-20)14-27/h2-7,12-13,17,23H,8-11,15H2,1H3,(H2,28,30,34)(H,29,31,33)/t23-/m1/s1. The molecule has 1 saturated carbocycles. The van der Waals surface area contributed by atoms with Gasteiger partial charge in [0.05, 0.1) is 23.4 Å². The smallest absolute Gasteiger partial charge is 0.319 e. The van der Waals surface area contributed by atoms with E-state index in [0.717, 1.165) is 43.6 Å². The highest BCUT2D eigenvalue weighted by atomic mass is 32.1. The van der Waals surface area contributed by atoms with Crippen molar-refractivity contribution in [3.8, 4) is 6.07 Å².